The zero-order valence-corrected chi connectivity index (χ0v) is 11.5. The van der Waals surface area contributed by atoms with Crippen LogP contribution in [0.25, 0.3) is 0 Å². The molecule has 2 aliphatic rings. The predicted molar refractivity (Wildman–Crippen MR) is 71.9 cm³/mol. The molecule has 2 heterocycles. The molecule has 3 rings (SSSR count). The second kappa shape index (κ2) is 5.04. The van der Waals surface area contributed by atoms with Crippen molar-refractivity contribution in [2.45, 2.75) is 24.9 Å². The van der Waals surface area contributed by atoms with E-state index < -0.39 is 35.6 Å². The van der Waals surface area contributed by atoms with E-state index in [2.05, 4.69) is 10.3 Å². The molecule has 0 fully saturated rings. The lowest BCUT2D eigenvalue weighted by Crippen LogP contribution is -2.59. The molecule has 1 aromatic rings. The van der Waals surface area contributed by atoms with Gasteiger partial charge in [-0.25, -0.2) is 18.6 Å². The molecule has 0 saturated heterocycles. The SMILES string of the molecule is O=C(O)c1ncn2c1C(=O)NC(CF)(C1=CCCC=C1F)C2. The summed E-state index contributed by atoms with van der Waals surface area (Å²) in [6.07, 6.45) is 5.15. The van der Waals surface area contributed by atoms with Gasteiger partial charge in [0.1, 0.15) is 23.7 Å². The van der Waals surface area contributed by atoms with Gasteiger partial charge in [-0.1, -0.05) is 6.08 Å². The molecule has 0 spiro atoms. The summed E-state index contributed by atoms with van der Waals surface area (Å²) in [5, 5.41) is 11.4. The first-order valence-electron chi connectivity index (χ1n) is 6.72. The van der Waals surface area contributed by atoms with Crippen molar-refractivity contribution in [3.05, 3.63) is 41.3 Å². The number of rotatable bonds is 3. The van der Waals surface area contributed by atoms with Crippen molar-refractivity contribution in [3.63, 3.8) is 0 Å². The van der Waals surface area contributed by atoms with E-state index in [1.54, 1.807) is 6.08 Å². The number of fused-ring (bicyclic) bond motifs is 1. The minimum Gasteiger partial charge on any atom is -0.476 e. The Morgan fingerprint density at radius 2 is 2.18 bits per heavy atom. The van der Waals surface area contributed by atoms with Crippen molar-refractivity contribution in [3.8, 4) is 0 Å². The van der Waals surface area contributed by atoms with Gasteiger partial charge in [0.05, 0.1) is 12.9 Å². The summed E-state index contributed by atoms with van der Waals surface area (Å²) < 4.78 is 29.0. The standard InChI is InChI=1S/C14H13F2N3O3/c15-5-14(8-3-1-2-4-9(8)16)6-19-7-17-10(13(21)22)11(19)12(20)18-14/h3-4,7H,1-2,5-6H2,(H,18,20)(H,21,22). The molecule has 0 aromatic carbocycles. The van der Waals surface area contributed by atoms with Crippen LogP contribution in [0.15, 0.2) is 29.9 Å². The van der Waals surface area contributed by atoms with Crippen LogP contribution in [0.3, 0.4) is 0 Å². The van der Waals surface area contributed by atoms with Crippen molar-refractivity contribution in [2.75, 3.05) is 6.67 Å². The summed E-state index contributed by atoms with van der Waals surface area (Å²) in [7, 11) is 0. The Kier molecular flexibility index (Phi) is 3.31. The molecular formula is C14H13F2N3O3. The van der Waals surface area contributed by atoms with Crippen LogP contribution in [0.5, 0.6) is 0 Å². The Bertz CT molecular complexity index is 723. The molecule has 2 N–H and O–H groups in total. The molecule has 22 heavy (non-hydrogen) atoms. The van der Waals surface area contributed by atoms with E-state index in [9.17, 15) is 18.4 Å². The van der Waals surface area contributed by atoms with Crippen molar-refractivity contribution in [1.82, 2.24) is 14.9 Å². The molecule has 1 aliphatic heterocycles. The highest BCUT2D eigenvalue weighted by Crippen LogP contribution is 2.34. The molecule has 6 nitrogen and oxygen atoms in total. The van der Waals surface area contributed by atoms with Crippen molar-refractivity contribution >= 4 is 11.9 Å². The molecule has 0 radical (unpaired) electrons. The van der Waals surface area contributed by atoms with Gasteiger partial charge in [0.2, 0.25) is 0 Å². The predicted octanol–water partition coefficient (Wildman–Crippen LogP) is 1.61. The average molecular weight is 309 g/mol. The lowest BCUT2D eigenvalue weighted by molar-refractivity contribution is 0.0677. The quantitative estimate of drug-likeness (QED) is 0.888. The third-order valence-corrected chi connectivity index (χ3v) is 3.89. The molecule has 8 heteroatoms. The van der Waals surface area contributed by atoms with Crippen LogP contribution in [0.2, 0.25) is 0 Å². The summed E-state index contributed by atoms with van der Waals surface area (Å²) in [5.41, 5.74) is -2.01. The smallest absolute Gasteiger partial charge is 0.356 e. The molecule has 1 amide bonds. The highest BCUT2D eigenvalue weighted by atomic mass is 19.1. The third kappa shape index (κ3) is 2.02. The van der Waals surface area contributed by atoms with Gasteiger partial charge in [-0.3, -0.25) is 4.79 Å². The number of nitrogens with zero attached hydrogens (tertiary/aromatic N) is 2. The number of carboxylic acids is 1. The van der Waals surface area contributed by atoms with Crippen molar-refractivity contribution in [2.24, 2.45) is 0 Å². The number of allylic oxidation sites excluding steroid dienone is 2. The topological polar surface area (TPSA) is 84.2 Å². The second-order valence-corrected chi connectivity index (χ2v) is 5.29. The number of hydrogen-bond acceptors (Lipinski definition) is 3. The molecule has 0 bridgehead atoms. The minimum atomic E-state index is -1.54. The molecule has 0 saturated carbocycles. The molecule has 1 unspecified atom stereocenters. The molecule has 116 valence electrons. The maximum Gasteiger partial charge on any atom is 0.356 e. The summed E-state index contributed by atoms with van der Waals surface area (Å²) in [4.78, 5) is 26.9. The first-order valence-corrected chi connectivity index (χ1v) is 6.72. The third-order valence-electron chi connectivity index (χ3n) is 3.89. The van der Waals surface area contributed by atoms with Crippen molar-refractivity contribution < 1.29 is 23.5 Å². The lowest BCUT2D eigenvalue weighted by atomic mass is 9.84. The highest BCUT2D eigenvalue weighted by Gasteiger charge is 2.45. The number of carboxylic acid groups (broad SMARTS) is 1. The van der Waals surface area contributed by atoms with Gasteiger partial charge in [0.15, 0.2) is 5.69 Å². The number of hydrogen-bond donors (Lipinski definition) is 2. The number of amides is 1. The van der Waals surface area contributed by atoms with E-state index in [0.29, 0.717) is 12.8 Å². The van der Waals surface area contributed by atoms with Crippen LogP contribution in [0.4, 0.5) is 8.78 Å². The first kappa shape index (κ1) is 14.4. The number of aromatic nitrogens is 2. The largest absolute Gasteiger partial charge is 0.476 e. The minimum absolute atomic E-state index is 0.0887. The van der Waals surface area contributed by atoms with E-state index in [1.165, 1.54) is 10.6 Å². The van der Waals surface area contributed by atoms with Crippen molar-refractivity contribution in [1.29, 1.82) is 0 Å². The summed E-state index contributed by atoms with van der Waals surface area (Å²) in [6, 6.07) is 0. The number of carbonyl (C=O) groups is 2. The zero-order chi connectivity index (χ0) is 15.9. The number of aromatic carboxylic acids is 1. The lowest BCUT2D eigenvalue weighted by Gasteiger charge is -2.38. The van der Waals surface area contributed by atoms with Gasteiger partial charge >= 0.3 is 5.97 Å². The van der Waals surface area contributed by atoms with Gasteiger partial charge in [0, 0.05) is 5.57 Å². The Morgan fingerprint density at radius 1 is 1.45 bits per heavy atom. The number of imidazole rings is 1. The Morgan fingerprint density at radius 3 is 2.82 bits per heavy atom. The monoisotopic (exact) mass is 309 g/mol. The molecular weight excluding hydrogens is 296 g/mol. The van der Waals surface area contributed by atoms with Gasteiger partial charge in [-0.05, 0) is 18.9 Å². The van der Waals surface area contributed by atoms with E-state index in [4.69, 9.17) is 5.11 Å². The number of nitrogens with one attached hydrogen (secondary N) is 1. The zero-order valence-electron chi connectivity index (χ0n) is 11.5. The van der Waals surface area contributed by atoms with Gasteiger partial charge in [0.25, 0.3) is 5.91 Å². The van der Waals surface area contributed by atoms with E-state index >= 15 is 0 Å². The van der Waals surface area contributed by atoms with Crippen LogP contribution in [0, 0.1) is 0 Å². The second-order valence-electron chi connectivity index (χ2n) is 5.29. The Labute approximate surface area is 124 Å². The van der Waals surface area contributed by atoms with Crippen LogP contribution < -0.4 is 5.32 Å². The van der Waals surface area contributed by atoms with Gasteiger partial charge in [-0.2, -0.15) is 0 Å². The fraction of sp³-hybridized carbons (Fsp3) is 0.357. The molecule has 1 aromatic heterocycles. The number of halogens is 2. The maximum atomic E-state index is 14.1. The summed E-state index contributed by atoms with van der Waals surface area (Å²) in [6.45, 7) is -1.12. The van der Waals surface area contributed by atoms with Gasteiger partial charge in [-0.15, -0.1) is 0 Å². The van der Waals surface area contributed by atoms with E-state index in [-0.39, 0.29) is 17.8 Å². The van der Waals surface area contributed by atoms with E-state index in [0.717, 1.165) is 6.33 Å². The molecule has 1 aliphatic carbocycles. The van der Waals surface area contributed by atoms with Crippen LogP contribution in [-0.2, 0) is 6.54 Å². The normalized spacial score (nSPS) is 24.2. The van der Waals surface area contributed by atoms with Crippen LogP contribution >= 0.6 is 0 Å². The maximum absolute atomic E-state index is 14.1. The van der Waals surface area contributed by atoms with Crippen LogP contribution in [-0.4, -0.2) is 38.7 Å². The number of alkyl halides is 1. The average Bonchev–Trinajstić information content (AvgIpc) is 2.92. The van der Waals surface area contributed by atoms with Gasteiger partial charge < -0.3 is 15.0 Å². The molecule has 1 atom stereocenters. The Balaban J connectivity index is 2.07. The fourth-order valence-electron chi connectivity index (χ4n) is 2.87. The summed E-state index contributed by atoms with van der Waals surface area (Å²) in [5.74, 6) is -2.69. The summed E-state index contributed by atoms with van der Waals surface area (Å²) >= 11 is 0. The number of carbonyl (C=O) groups excluding carboxylic acids is 1. The first-order chi connectivity index (χ1) is 10.5. The van der Waals surface area contributed by atoms with E-state index in [1.807, 2.05) is 0 Å². The Hall–Kier alpha value is -2.51. The highest BCUT2D eigenvalue weighted by molar-refractivity contribution is 6.03. The van der Waals surface area contributed by atoms with Crippen LogP contribution in [0.1, 0.15) is 33.8 Å². The fourth-order valence-corrected chi connectivity index (χ4v) is 2.87.